The van der Waals surface area contributed by atoms with Crippen molar-refractivity contribution in [2.75, 3.05) is 28.0 Å². The van der Waals surface area contributed by atoms with Gasteiger partial charge in [-0.15, -0.1) is 0 Å². The summed E-state index contributed by atoms with van der Waals surface area (Å²) >= 11 is 0. The minimum Gasteiger partial charge on any atom is -0.457 e. The van der Waals surface area contributed by atoms with Crippen molar-refractivity contribution in [3.8, 4) is 11.5 Å². The van der Waals surface area contributed by atoms with Crippen molar-refractivity contribution in [1.29, 1.82) is 0 Å². The van der Waals surface area contributed by atoms with Crippen LogP contribution in [0.4, 0.5) is 23.0 Å². The van der Waals surface area contributed by atoms with E-state index in [0.717, 1.165) is 24.6 Å². The summed E-state index contributed by atoms with van der Waals surface area (Å²) in [6, 6.07) is 24.5. The number of anilines is 4. The highest BCUT2D eigenvalue weighted by Gasteiger charge is 2.15. The van der Waals surface area contributed by atoms with Crippen LogP contribution in [-0.2, 0) is 10.0 Å². The SMILES string of the molecule is CCN(CC)c1cc(Nc2ccc(NS(=O)(=O)c3ccc(Oc4ccccc4)cc3)cc2)nc(C)n1. The molecule has 0 atom stereocenters. The van der Waals surface area contributed by atoms with Crippen molar-refractivity contribution in [1.82, 2.24) is 9.97 Å². The second-order valence-corrected chi connectivity index (χ2v) is 9.71. The van der Waals surface area contributed by atoms with E-state index in [-0.39, 0.29) is 4.90 Å². The van der Waals surface area contributed by atoms with Crippen molar-refractivity contribution in [2.45, 2.75) is 25.7 Å². The fourth-order valence-electron chi connectivity index (χ4n) is 3.62. The molecule has 4 aromatic rings. The summed E-state index contributed by atoms with van der Waals surface area (Å²) < 4.78 is 34.1. The van der Waals surface area contributed by atoms with E-state index in [9.17, 15) is 8.42 Å². The molecule has 0 aliphatic carbocycles. The van der Waals surface area contributed by atoms with E-state index >= 15 is 0 Å². The molecular formula is C27H29N5O3S. The third-order valence-electron chi connectivity index (χ3n) is 5.43. The Balaban J connectivity index is 1.42. The third kappa shape index (κ3) is 6.31. The Kier molecular flexibility index (Phi) is 7.70. The van der Waals surface area contributed by atoms with Gasteiger partial charge in [-0.1, -0.05) is 18.2 Å². The van der Waals surface area contributed by atoms with E-state index in [0.29, 0.717) is 28.8 Å². The van der Waals surface area contributed by atoms with E-state index in [4.69, 9.17) is 4.74 Å². The van der Waals surface area contributed by atoms with E-state index in [2.05, 4.69) is 38.8 Å². The van der Waals surface area contributed by atoms with Gasteiger partial charge >= 0.3 is 0 Å². The maximum Gasteiger partial charge on any atom is 0.261 e. The minimum atomic E-state index is -3.75. The Morgan fingerprint density at radius 2 is 1.42 bits per heavy atom. The molecule has 0 fully saturated rings. The zero-order valence-electron chi connectivity index (χ0n) is 20.5. The summed E-state index contributed by atoms with van der Waals surface area (Å²) in [5.41, 5.74) is 1.23. The van der Waals surface area contributed by atoms with Gasteiger partial charge in [0.15, 0.2) is 0 Å². The van der Waals surface area contributed by atoms with Gasteiger partial charge in [-0.05, 0) is 81.4 Å². The van der Waals surface area contributed by atoms with E-state index in [1.807, 2.05) is 43.3 Å². The number of aromatic nitrogens is 2. The number of hydrogen-bond donors (Lipinski definition) is 2. The lowest BCUT2D eigenvalue weighted by Gasteiger charge is -2.20. The van der Waals surface area contributed by atoms with Crippen LogP contribution in [0.15, 0.2) is 89.8 Å². The molecule has 1 heterocycles. The summed E-state index contributed by atoms with van der Waals surface area (Å²) in [6.45, 7) is 7.73. The molecule has 0 saturated carbocycles. The fraction of sp³-hybridized carbons (Fsp3) is 0.185. The van der Waals surface area contributed by atoms with Gasteiger partial charge in [0.2, 0.25) is 0 Å². The van der Waals surface area contributed by atoms with Crippen molar-refractivity contribution in [2.24, 2.45) is 0 Å². The highest BCUT2D eigenvalue weighted by Crippen LogP contribution is 2.25. The van der Waals surface area contributed by atoms with Gasteiger partial charge in [0, 0.05) is 30.5 Å². The Bertz CT molecular complexity index is 1390. The highest BCUT2D eigenvalue weighted by molar-refractivity contribution is 7.92. The standard InChI is InChI=1S/C27H29N5O3S/c1-4-32(5-2)27-19-26(28-20(3)29-27)30-21-11-13-22(14-12-21)31-36(33,34)25-17-15-24(16-18-25)35-23-9-7-6-8-10-23/h6-19,31H,4-5H2,1-3H3,(H,28,29,30). The predicted molar refractivity (Wildman–Crippen MR) is 144 cm³/mol. The van der Waals surface area contributed by atoms with Gasteiger partial charge in [-0.3, -0.25) is 4.72 Å². The molecule has 36 heavy (non-hydrogen) atoms. The van der Waals surface area contributed by atoms with Gasteiger partial charge in [-0.2, -0.15) is 0 Å². The van der Waals surface area contributed by atoms with Crippen LogP contribution in [0.2, 0.25) is 0 Å². The highest BCUT2D eigenvalue weighted by atomic mass is 32.2. The third-order valence-corrected chi connectivity index (χ3v) is 6.83. The first kappa shape index (κ1) is 25.0. The predicted octanol–water partition coefficient (Wildman–Crippen LogP) is 5.97. The number of rotatable bonds is 10. The average Bonchev–Trinajstić information content (AvgIpc) is 2.86. The molecule has 8 nitrogen and oxygen atoms in total. The van der Waals surface area contributed by atoms with Crippen LogP contribution in [0, 0.1) is 6.92 Å². The molecule has 0 spiro atoms. The van der Waals surface area contributed by atoms with Crippen molar-refractivity contribution < 1.29 is 13.2 Å². The summed E-state index contributed by atoms with van der Waals surface area (Å²) in [5.74, 6) is 3.45. The van der Waals surface area contributed by atoms with Crippen LogP contribution >= 0.6 is 0 Å². The second-order valence-electron chi connectivity index (χ2n) is 8.03. The number of sulfonamides is 1. The van der Waals surface area contributed by atoms with E-state index < -0.39 is 10.0 Å². The molecule has 0 aliphatic rings. The van der Waals surface area contributed by atoms with Crippen LogP contribution in [-0.4, -0.2) is 31.5 Å². The molecule has 186 valence electrons. The van der Waals surface area contributed by atoms with Gasteiger partial charge < -0.3 is 15.0 Å². The number of benzene rings is 3. The van der Waals surface area contributed by atoms with Gasteiger partial charge in [-0.25, -0.2) is 18.4 Å². The largest absolute Gasteiger partial charge is 0.457 e. The van der Waals surface area contributed by atoms with Crippen LogP contribution < -0.4 is 19.7 Å². The van der Waals surface area contributed by atoms with E-state index in [1.54, 1.807) is 36.4 Å². The number of hydrogen-bond acceptors (Lipinski definition) is 7. The number of nitrogens with one attached hydrogen (secondary N) is 2. The van der Waals surface area contributed by atoms with Crippen LogP contribution in [0.3, 0.4) is 0 Å². The maximum absolute atomic E-state index is 12.9. The maximum atomic E-state index is 12.9. The number of nitrogens with zero attached hydrogens (tertiary/aromatic N) is 3. The normalized spacial score (nSPS) is 11.1. The molecule has 0 bridgehead atoms. The lowest BCUT2D eigenvalue weighted by Crippen LogP contribution is -2.23. The molecule has 1 aromatic heterocycles. The van der Waals surface area contributed by atoms with Crippen LogP contribution in [0.1, 0.15) is 19.7 Å². The van der Waals surface area contributed by atoms with Gasteiger partial charge in [0.25, 0.3) is 10.0 Å². The Morgan fingerprint density at radius 3 is 2.06 bits per heavy atom. The molecule has 2 N–H and O–H groups in total. The zero-order chi connectivity index (χ0) is 25.5. The van der Waals surface area contributed by atoms with Crippen LogP contribution in [0.25, 0.3) is 0 Å². The Morgan fingerprint density at radius 1 is 0.806 bits per heavy atom. The quantitative estimate of drug-likeness (QED) is 0.275. The van der Waals surface area contributed by atoms with E-state index in [1.165, 1.54) is 12.1 Å². The molecule has 3 aromatic carbocycles. The average molecular weight is 504 g/mol. The fourth-order valence-corrected chi connectivity index (χ4v) is 4.68. The summed E-state index contributed by atoms with van der Waals surface area (Å²) in [6.07, 6.45) is 0. The minimum absolute atomic E-state index is 0.144. The number of aryl methyl sites for hydroxylation is 1. The first-order valence-electron chi connectivity index (χ1n) is 11.7. The molecule has 0 radical (unpaired) electrons. The lowest BCUT2D eigenvalue weighted by atomic mass is 10.3. The number of para-hydroxylation sites is 1. The zero-order valence-corrected chi connectivity index (χ0v) is 21.3. The van der Waals surface area contributed by atoms with Crippen molar-refractivity contribution >= 4 is 33.0 Å². The Hall–Kier alpha value is -4.11. The molecule has 0 unspecified atom stereocenters. The van der Waals surface area contributed by atoms with Crippen molar-refractivity contribution in [3.05, 3.63) is 90.8 Å². The van der Waals surface area contributed by atoms with Gasteiger partial charge in [0.05, 0.1) is 4.90 Å². The van der Waals surface area contributed by atoms with Gasteiger partial charge in [0.1, 0.15) is 29.0 Å². The molecule has 9 heteroatoms. The molecular weight excluding hydrogens is 474 g/mol. The first-order valence-corrected chi connectivity index (χ1v) is 13.2. The number of ether oxygens (including phenoxy) is 1. The monoisotopic (exact) mass is 503 g/mol. The van der Waals surface area contributed by atoms with Crippen molar-refractivity contribution in [3.63, 3.8) is 0 Å². The topological polar surface area (TPSA) is 96.5 Å². The molecule has 0 amide bonds. The Labute approximate surface area is 212 Å². The first-order chi connectivity index (χ1) is 17.4. The molecule has 4 rings (SSSR count). The smallest absolute Gasteiger partial charge is 0.261 e. The summed E-state index contributed by atoms with van der Waals surface area (Å²) in [4.78, 5) is 11.3. The second kappa shape index (κ2) is 11.1. The van der Waals surface area contributed by atoms with Crippen LogP contribution in [0.5, 0.6) is 11.5 Å². The lowest BCUT2D eigenvalue weighted by molar-refractivity contribution is 0.482. The molecule has 0 saturated heterocycles. The molecule has 0 aliphatic heterocycles. The summed E-state index contributed by atoms with van der Waals surface area (Å²) in [5, 5.41) is 3.27. The summed E-state index contributed by atoms with van der Waals surface area (Å²) in [7, 11) is -3.75.